The average Bonchev–Trinajstić information content (AvgIpc) is 3.33. The van der Waals surface area contributed by atoms with Crippen LogP contribution in [0.5, 0.6) is 5.75 Å². The molecule has 21 heavy (non-hydrogen) atoms. The Hall–Kier alpha value is -1.02. The quantitative estimate of drug-likeness (QED) is 0.625. The average molecular weight is 355 g/mol. The van der Waals surface area contributed by atoms with Crippen molar-refractivity contribution in [2.45, 2.75) is 32.8 Å². The lowest BCUT2D eigenvalue weighted by Gasteiger charge is -2.11. The molecule has 0 saturated heterocycles. The van der Waals surface area contributed by atoms with E-state index in [2.05, 4.69) is 27.8 Å². The lowest BCUT2D eigenvalue weighted by Crippen LogP contribution is -2.23. The Morgan fingerprint density at radius 1 is 1.24 bits per heavy atom. The van der Waals surface area contributed by atoms with Gasteiger partial charge in [-0.15, -0.1) is 0 Å². The van der Waals surface area contributed by atoms with Gasteiger partial charge in [0.15, 0.2) is 0 Å². The Kier molecular flexibility index (Phi) is 9.16. The molecule has 0 amide bonds. The second kappa shape index (κ2) is 10.7. The molecular formula is C17H23BrO3. The number of rotatable bonds is 6. The summed E-state index contributed by atoms with van der Waals surface area (Å²) in [5, 5.41) is 9.68. The number of ether oxygens (including phenoxy) is 2. The van der Waals surface area contributed by atoms with Gasteiger partial charge < -0.3 is 14.6 Å². The first kappa shape index (κ1) is 18.0. The normalized spacial score (nSPS) is 14.3. The minimum absolute atomic E-state index is 0.220. The van der Waals surface area contributed by atoms with E-state index in [0.29, 0.717) is 12.5 Å². The molecule has 0 heterocycles. The van der Waals surface area contributed by atoms with Crippen molar-refractivity contribution < 1.29 is 14.6 Å². The number of hydrogen-bond acceptors (Lipinski definition) is 3. The molecule has 3 nitrogen and oxygen atoms in total. The van der Waals surface area contributed by atoms with Crippen LogP contribution < -0.4 is 4.74 Å². The zero-order chi connectivity index (χ0) is 15.5. The summed E-state index contributed by atoms with van der Waals surface area (Å²) in [6, 6.07) is 7.48. The summed E-state index contributed by atoms with van der Waals surface area (Å²) in [4.78, 5) is 0. The van der Waals surface area contributed by atoms with Crippen LogP contribution in [0, 0.1) is 17.8 Å². The van der Waals surface area contributed by atoms with Crippen LogP contribution in [0.2, 0.25) is 0 Å². The number of benzene rings is 1. The van der Waals surface area contributed by atoms with Crippen LogP contribution in [-0.2, 0) is 4.74 Å². The molecule has 1 N–H and O–H groups in total. The zero-order valence-electron chi connectivity index (χ0n) is 12.6. The van der Waals surface area contributed by atoms with Crippen molar-refractivity contribution in [3.63, 3.8) is 0 Å². The van der Waals surface area contributed by atoms with E-state index in [4.69, 9.17) is 9.47 Å². The van der Waals surface area contributed by atoms with Crippen LogP contribution in [0.25, 0.3) is 0 Å². The second-order valence-electron chi connectivity index (χ2n) is 4.53. The SMILES string of the molecule is CC.OC(COCC#CC1CC1)COc1ccc(Br)cc1. The Bertz CT molecular complexity index is 443. The van der Waals surface area contributed by atoms with Gasteiger partial charge in [0.1, 0.15) is 25.1 Å². The summed E-state index contributed by atoms with van der Waals surface area (Å²) in [6.07, 6.45) is 1.80. The van der Waals surface area contributed by atoms with Crippen molar-refractivity contribution in [3.8, 4) is 17.6 Å². The third kappa shape index (κ3) is 8.77. The molecule has 0 bridgehead atoms. The summed E-state index contributed by atoms with van der Waals surface area (Å²) in [5.74, 6) is 7.38. The van der Waals surface area contributed by atoms with Crippen molar-refractivity contribution in [2.75, 3.05) is 19.8 Å². The van der Waals surface area contributed by atoms with Crippen LogP contribution in [-0.4, -0.2) is 31.0 Å². The van der Waals surface area contributed by atoms with Crippen molar-refractivity contribution in [2.24, 2.45) is 5.92 Å². The lowest BCUT2D eigenvalue weighted by atomic mass is 10.3. The Morgan fingerprint density at radius 3 is 2.52 bits per heavy atom. The van der Waals surface area contributed by atoms with E-state index < -0.39 is 6.10 Å². The molecule has 4 heteroatoms. The number of aliphatic hydroxyl groups is 1. The van der Waals surface area contributed by atoms with Gasteiger partial charge in [-0.25, -0.2) is 0 Å². The molecule has 1 atom stereocenters. The van der Waals surface area contributed by atoms with Gasteiger partial charge in [-0.1, -0.05) is 41.6 Å². The van der Waals surface area contributed by atoms with Gasteiger partial charge in [0.2, 0.25) is 0 Å². The molecule has 1 unspecified atom stereocenters. The Balaban J connectivity index is 0.00000106. The van der Waals surface area contributed by atoms with Gasteiger partial charge >= 0.3 is 0 Å². The molecule has 0 radical (unpaired) electrons. The third-order valence-electron chi connectivity index (χ3n) is 2.62. The van der Waals surface area contributed by atoms with E-state index in [1.54, 1.807) is 0 Å². The summed E-state index contributed by atoms with van der Waals surface area (Å²) in [5.41, 5.74) is 0. The fourth-order valence-corrected chi connectivity index (χ4v) is 1.70. The first-order valence-corrected chi connectivity index (χ1v) is 8.16. The predicted octanol–water partition coefficient (Wildman–Crippen LogP) is 3.65. The Labute approximate surface area is 135 Å². The molecule has 116 valence electrons. The van der Waals surface area contributed by atoms with Gasteiger partial charge in [-0.3, -0.25) is 0 Å². The minimum Gasteiger partial charge on any atom is -0.491 e. The molecule has 1 aliphatic carbocycles. The van der Waals surface area contributed by atoms with Crippen molar-refractivity contribution >= 4 is 15.9 Å². The number of aliphatic hydroxyl groups excluding tert-OH is 1. The minimum atomic E-state index is -0.633. The summed E-state index contributed by atoms with van der Waals surface area (Å²) in [6.45, 7) is 4.85. The molecule has 0 spiro atoms. The first-order valence-electron chi connectivity index (χ1n) is 7.36. The van der Waals surface area contributed by atoms with E-state index >= 15 is 0 Å². The topological polar surface area (TPSA) is 38.7 Å². The fraction of sp³-hybridized carbons (Fsp3) is 0.529. The van der Waals surface area contributed by atoms with Crippen molar-refractivity contribution in [1.82, 2.24) is 0 Å². The van der Waals surface area contributed by atoms with Crippen LogP contribution in [0.3, 0.4) is 0 Å². The second-order valence-corrected chi connectivity index (χ2v) is 5.44. The van der Waals surface area contributed by atoms with Crippen molar-refractivity contribution in [1.29, 1.82) is 0 Å². The fourth-order valence-electron chi connectivity index (χ4n) is 1.43. The highest BCUT2D eigenvalue weighted by Gasteiger charge is 2.17. The van der Waals surface area contributed by atoms with Crippen LogP contribution in [0.1, 0.15) is 26.7 Å². The van der Waals surface area contributed by atoms with E-state index in [1.165, 1.54) is 12.8 Å². The van der Waals surface area contributed by atoms with Crippen LogP contribution in [0.15, 0.2) is 28.7 Å². The lowest BCUT2D eigenvalue weighted by molar-refractivity contribution is 0.0228. The zero-order valence-corrected chi connectivity index (χ0v) is 14.2. The van der Waals surface area contributed by atoms with Gasteiger partial charge in [0.25, 0.3) is 0 Å². The molecule has 1 saturated carbocycles. The maximum Gasteiger partial charge on any atom is 0.119 e. The molecule has 1 aromatic rings. The monoisotopic (exact) mass is 354 g/mol. The molecule has 1 fully saturated rings. The van der Waals surface area contributed by atoms with Crippen LogP contribution in [0.4, 0.5) is 0 Å². The molecule has 0 aromatic heterocycles. The first-order chi connectivity index (χ1) is 10.2. The maximum atomic E-state index is 9.68. The standard InChI is InChI=1S/C15H17BrO3.C2H6/c16-13-5-7-15(8-6-13)19-11-14(17)10-18-9-1-2-12-3-4-12;1-2/h5-8,12,14,17H,3-4,9-11H2;1-2H3. The van der Waals surface area contributed by atoms with E-state index in [9.17, 15) is 5.11 Å². The highest BCUT2D eigenvalue weighted by molar-refractivity contribution is 9.10. The summed E-state index contributed by atoms with van der Waals surface area (Å²) in [7, 11) is 0. The summed E-state index contributed by atoms with van der Waals surface area (Å²) < 4.78 is 11.7. The highest BCUT2D eigenvalue weighted by atomic mass is 79.9. The number of hydrogen-bond donors (Lipinski definition) is 1. The molecular weight excluding hydrogens is 332 g/mol. The van der Waals surface area contributed by atoms with E-state index in [1.807, 2.05) is 38.1 Å². The van der Waals surface area contributed by atoms with Crippen LogP contribution >= 0.6 is 15.9 Å². The molecule has 1 aliphatic rings. The Morgan fingerprint density at radius 2 is 1.90 bits per heavy atom. The van der Waals surface area contributed by atoms with Crippen molar-refractivity contribution in [3.05, 3.63) is 28.7 Å². The molecule has 0 aliphatic heterocycles. The third-order valence-corrected chi connectivity index (χ3v) is 3.15. The van der Waals surface area contributed by atoms with Gasteiger partial charge in [-0.2, -0.15) is 0 Å². The smallest absolute Gasteiger partial charge is 0.119 e. The highest BCUT2D eigenvalue weighted by Crippen LogP contribution is 2.27. The van der Waals surface area contributed by atoms with Gasteiger partial charge in [-0.05, 0) is 37.1 Å². The predicted molar refractivity (Wildman–Crippen MR) is 88.3 cm³/mol. The number of halogens is 1. The van der Waals surface area contributed by atoms with Gasteiger partial charge in [0.05, 0.1) is 6.61 Å². The molecule has 1 aromatic carbocycles. The van der Waals surface area contributed by atoms with E-state index in [-0.39, 0.29) is 13.2 Å². The maximum absolute atomic E-state index is 9.68. The van der Waals surface area contributed by atoms with E-state index in [0.717, 1.165) is 10.2 Å². The summed E-state index contributed by atoms with van der Waals surface area (Å²) >= 11 is 3.35. The molecule has 2 rings (SSSR count). The van der Waals surface area contributed by atoms with Gasteiger partial charge in [0, 0.05) is 10.4 Å². The largest absolute Gasteiger partial charge is 0.491 e.